The van der Waals surface area contributed by atoms with E-state index in [9.17, 15) is 5.11 Å². The Morgan fingerprint density at radius 2 is 2.03 bits per heavy atom. The van der Waals surface area contributed by atoms with Gasteiger partial charge in [-0.25, -0.2) is 0 Å². The summed E-state index contributed by atoms with van der Waals surface area (Å²) in [6, 6.07) is 9.81. The highest BCUT2D eigenvalue weighted by atomic mass is 16.3. The molecular formula is C29H46N4O. The second-order valence-corrected chi connectivity index (χ2v) is 11.3. The minimum Gasteiger partial charge on any atom is -0.393 e. The van der Waals surface area contributed by atoms with E-state index in [1.807, 2.05) is 0 Å². The quantitative estimate of drug-likeness (QED) is 0.507. The van der Waals surface area contributed by atoms with E-state index in [2.05, 4.69) is 65.1 Å². The number of fused-ring (bicyclic) bond motifs is 6. The first-order chi connectivity index (χ1) is 16.6. The molecule has 1 saturated carbocycles. The maximum atomic E-state index is 11.1. The van der Waals surface area contributed by atoms with Crippen molar-refractivity contribution >= 4 is 10.9 Å². The number of hydrogen-bond acceptors (Lipinski definition) is 4. The molecule has 0 spiro atoms. The maximum absolute atomic E-state index is 11.1. The van der Waals surface area contributed by atoms with Gasteiger partial charge in [-0.05, 0) is 88.5 Å². The largest absolute Gasteiger partial charge is 0.393 e. The molecule has 1 aliphatic carbocycles. The number of benzene rings is 1. The van der Waals surface area contributed by atoms with E-state index in [0.29, 0.717) is 23.9 Å². The molecule has 5 rings (SSSR count). The van der Waals surface area contributed by atoms with Gasteiger partial charge in [-0.1, -0.05) is 32.0 Å². The maximum Gasteiger partial charge on any atom is 0.0583 e. The lowest BCUT2D eigenvalue weighted by Gasteiger charge is -2.52. The molecule has 3 aliphatic rings. The SMILES string of the molecule is CCN(CC)CCC[C@@H](C)NC[C@@H]1[C@H]2C[C@@H]3c4[nH]c5ccccc5c4CCN3C[C@@H]2CC[C@H]1O. The van der Waals surface area contributed by atoms with Crippen LogP contribution >= 0.6 is 0 Å². The fourth-order valence-electron chi connectivity index (χ4n) is 7.34. The van der Waals surface area contributed by atoms with Crippen LogP contribution in [0.3, 0.4) is 0 Å². The average molecular weight is 467 g/mol. The molecule has 188 valence electrons. The second-order valence-electron chi connectivity index (χ2n) is 11.3. The molecule has 3 N–H and O–H groups in total. The first-order valence-electron chi connectivity index (χ1n) is 14.1. The molecule has 0 radical (unpaired) electrons. The Morgan fingerprint density at radius 3 is 2.85 bits per heavy atom. The van der Waals surface area contributed by atoms with Gasteiger partial charge in [0.25, 0.3) is 0 Å². The molecule has 0 amide bonds. The molecule has 1 aromatic carbocycles. The Labute approximate surface area is 206 Å². The van der Waals surface area contributed by atoms with Gasteiger partial charge in [0.05, 0.1) is 12.1 Å². The van der Waals surface area contributed by atoms with Crippen molar-refractivity contribution in [2.24, 2.45) is 17.8 Å². The summed E-state index contributed by atoms with van der Waals surface area (Å²) in [5, 5.41) is 16.3. The summed E-state index contributed by atoms with van der Waals surface area (Å²) >= 11 is 0. The molecule has 2 aliphatic heterocycles. The molecule has 0 bridgehead atoms. The number of aromatic amines is 1. The summed E-state index contributed by atoms with van der Waals surface area (Å²) in [6.07, 6.45) is 6.80. The summed E-state index contributed by atoms with van der Waals surface area (Å²) in [6.45, 7) is 13.7. The van der Waals surface area contributed by atoms with E-state index in [0.717, 1.165) is 38.4 Å². The lowest BCUT2D eigenvalue weighted by molar-refractivity contribution is -0.0556. The number of nitrogens with one attached hydrogen (secondary N) is 2. The minimum atomic E-state index is -0.158. The van der Waals surface area contributed by atoms with Gasteiger partial charge in [-0.2, -0.15) is 0 Å². The van der Waals surface area contributed by atoms with Crippen molar-refractivity contribution in [3.8, 4) is 0 Å². The minimum absolute atomic E-state index is 0.158. The molecule has 3 heterocycles. The average Bonchev–Trinajstić information content (AvgIpc) is 3.24. The number of nitrogens with zero attached hydrogens (tertiary/aromatic N) is 2. The number of aliphatic hydroxyl groups excluding tert-OH is 1. The zero-order chi connectivity index (χ0) is 23.7. The first kappa shape index (κ1) is 24.3. The van der Waals surface area contributed by atoms with E-state index < -0.39 is 0 Å². The first-order valence-corrected chi connectivity index (χ1v) is 14.1. The van der Waals surface area contributed by atoms with E-state index in [1.165, 1.54) is 61.9 Å². The fourth-order valence-corrected chi connectivity index (χ4v) is 7.34. The lowest BCUT2D eigenvalue weighted by atomic mass is 9.65. The van der Waals surface area contributed by atoms with Crippen molar-refractivity contribution in [3.63, 3.8) is 0 Å². The van der Waals surface area contributed by atoms with Crippen molar-refractivity contribution in [1.82, 2.24) is 20.1 Å². The highest BCUT2D eigenvalue weighted by molar-refractivity contribution is 5.85. The molecule has 1 saturated heterocycles. The highest BCUT2D eigenvalue weighted by Gasteiger charge is 2.46. The molecule has 1 aromatic heterocycles. The van der Waals surface area contributed by atoms with Gasteiger partial charge in [0.15, 0.2) is 0 Å². The van der Waals surface area contributed by atoms with E-state index >= 15 is 0 Å². The second kappa shape index (κ2) is 10.7. The van der Waals surface area contributed by atoms with Crippen LogP contribution in [-0.4, -0.2) is 71.3 Å². The molecule has 5 nitrogen and oxygen atoms in total. The predicted octanol–water partition coefficient (Wildman–Crippen LogP) is 4.57. The van der Waals surface area contributed by atoms with Crippen LogP contribution in [0.2, 0.25) is 0 Å². The predicted molar refractivity (Wildman–Crippen MR) is 141 cm³/mol. The van der Waals surface area contributed by atoms with Crippen LogP contribution in [0, 0.1) is 17.8 Å². The topological polar surface area (TPSA) is 54.5 Å². The molecule has 2 fully saturated rings. The van der Waals surface area contributed by atoms with E-state index in [-0.39, 0.29) is 6.10 Å². The molecule has 6 atom stereocenters. The fraction of sp³-hybridized carbons (Fsp3) is 0.724. The summed E-state index contributed by atoms with van der Waals surface area (Å²) < 4.78 is 0. The third-order valence-electron chi connectivity index (χ3n) is 9.42. The Balaban J connectivity index is 1.24. The zero-order valence-corrected chi connectivity index (χ0v) is 21.6. The molecule has 34 heavy (non-hydrogen) atoms. The molecule has 5 heteroatoms. The van der Waals surface area contributed by atoms with Gasteiger partial charge in [0.1, 0.15) is 0 Å². The third-order valence-corrected chi connectivity index (χ3v) is 9.42. The van der Waals surface area contributed by atoms with Crippen LogP contribution in [0.25, 0.3) is 10.9 Å². The summed E-state index contributed by atoms with van der Waals surface area (Å²) in [5.41, 5.74) is 4.29. The standard InChI is InChI=1S/C29H46N4O/c1-4-32(5-2)15-8-9-20(3)30-18-25-24-17-27-29-23(22-10-6-7-11-26(22)31-29)14-16-33(27)19-21(24)12-13-28(25)34/h6-7,10-11,20-21,24-25,27-28,30-31,34H,4-5,8-9,12-19H2,1-3H3/t20-,21+,24+,25-,27-,28-/m1/s1. The van der Waals surface area contributed by atoms with Gasteiger partial charge in [0.2, 0.25) is 0 Å². The monoisotopic (exact) mass is 466 g/mol. The van der Waals surface area contributed by atoms with Gasteiger partial charge >= 0.3 is 0 Å². The number of H-pyrrole nitrogens is 1. The number of aromatic nitrogens is 1. The van der Waals surface area contributed by atoms with Crippen LogP contribution in [0.4, 0.5) is 0 Å². The van der Waals surface area contributed by atoms with Gasteiger partial charge < -0.3 is 20.3 Å². The number of hydrogen-bond donors (Lipinski definition) is 3. The van der Waals surface area contributed by atoms with E-state index in [1.54, 1.807) is 5.56 Å². The Hall–Kier alpha value is -1.40. The molecule has 2 aromatic rings. The van der Waals surface area contributed by atoms with Crippen LogP contribution in [0.1, 0.15) is 70.2 Å². The Bertz CT molecular complexity index is 937. The highest BCUT2D eigenvalue weighted by Crippen LogP contribution is 2.49. The van der Waals surface area contributed by atoms with Crippen LogP contribution in [0.5, 0.6) is 0 Å². The van der Waals surface area contributed by atoms with Gasteiger partial charge in [0, 0.05) is 48.2 Å². The van der Waals surface area contributed by atoms with Crippen molar-refractivity contribution in [2.75, 3.05) is 39.3 Å². The van der Waals surface area contributed by atoms with Crippen LogP contribution in [-0.2, 0) is 6.42 Å². The van der Waals surface area contributed by atoms with Crippen molar-refractivity contribution in [1.29, 1.82) is 0 Å². The van der Waals surface area contributed by atoms with Crippen LogP contribution in [0.15, 0.2) is 24.3 Å². The Morgan fingerprint density at radius 1 is 1.21 bits per heavy atom. The van der Waals surface area contributed by atoms with Crippen molar-refractivity contribution in [3.05, 3.63) is 35.5 Å². The van der Waals surface area contributed by atoms with Crippen molar-refractivity contribution < 1.29 is 5.11 Å². The number of aliphatic hydroxyl groups is 1. The molecule has 0 unspecified atom stereocenters. The van der Waals surface area contributed by atoms with Crippen LogP contribution < -0.4 is 5.32 Å². The Kier molecular flexibility index (Phi) is 7.64. The normalized spacial score (nSPS) is 30.2. The lowest BCUT2D eigenvalue weighted by Crippen LogP contribution is -2.53. The number of rotatable bonds is 9. The zero-order valence-electron chi connectivity index (χ0n) is 21.6. The molecular weight excluding hydrogens is 420 g/mol. The number of para-hydroxylation sites is 1. The third kappa shape index (κ3) is 4.82. The number of piperidine rings is 1. The summed E-state index contributed by atoms with van der Waals surface area (Å²) in [4.78, 5) is 9.06. The van der Waals surface area contributed by atoms with Gasteiger partial charge in [-0.3, -0.25) is 4.90 Å². The summed E-state index contributed by atoms with van der Waals surface area (Å²) in [7, 11) is 0. The van der Waals surface area contributed by atoms with E-state index in [4.69, 9.17) is 0 Å². The summed E-state index contributed by atoms with van der Waals surface area (Å²) in [5.74, 6) is 1.72. The smallest absolute Gasteiger partial charge is 0.0583 e. The van der Waals surface area contributed by atoms with Crippen molar-refractivity contribution in [2.45, 2.75) is 77.5 Å². The van der Waals surface area contributed by atoms with Gasteiger partial charge in [-0.15, -0.1) is 0 Å².